The molecule has 0 bridgehead atoms. The summed E-state index contributed by atoms with van der Waals surface area (Å²) in [6.07, 6.45) is -3.15. The minimum absolute atomic E-state index is 0.142. The molecule has 0 radical (unpaired) electrons. The molecule has 1 aliphatic rings. The van der Waals surface area contributed by atoms with E-state index in [1.165, 1.54) is 24.8 Å². The van der Waals surface area contributed by atoms with Crippen LogP contribution in [0.4, 0.5) is 13.2 Å². The number of halogens is 3. The molecule has 0 N–H and O–H groups in total. The molecule has 1 saturated heterocycles. The summed E-state index contributed by atoms with van der Waals surface area (Å²) in [5, 5.41) is 0.574. The van der Waals surface area contributed by atoms with Gasteiger partial charge in [-0.1, -0.05) is 24.3 Å². The number of fused-ring (bicyclic) bond motifs is 1. The van der Waals surface area contributed by atoms with E-state index in [0.717, 1.165) is 24.5 Å². The number of piperidine rings is 1. The minimum Gasteiger partial charge on any atom is -0.337 e. The Balaban J connectivity index is 1.58. The van der Waals surface area contributed by atoms with Gasteiger partial charge in [0, 0.05) is 24.7 Å². The average molecular weight is 569 g/mol. The van der Waals surface area contributed by atoms with Crippen molar-refractivity contribution in [2.45, 2.75) is 47.4 Å². The smallest absolute Gasteiger partial charge is 0.337 e. The summed E-state index contributed by atoms with van der Waals surface area (Å²) in [5.74, 6) is -1.03. The number of likely N-dealkylation sites (tertiary alicyclic amines) is 1. The summed E-state index contributed by atoms with van der Waals surface area (Å²) in [4.78, 5) is 18.6. The molecule has 12 heteroatoms. The first kappa shape index (κ1) is 28.0. The number of rotatable bonds is 5. The summed E-state index contributed by atoms with van der Waals surface area (Å²) in [5.41, 5.74) is -0.772. The highest BCUT2D eigenvalue weighted by Gasteiger charge is 2.45. The fourth-order valence-corrected chi connectivity index (χ4v) is 7.47. The molecule has 0 atom stereocenters. The zero-order chi connectivity index (χ0) is 28.1. The Morgan fingerprint density at radius 3 is 2.18 bits per heavy atom. The lowest BCUT2D eigenvalue weighted by Crippen LogP contribution is -2.48. The molecule has 0 spiro atoms. The molecule has 1 aromatic heterocycles. The topological polar surface area (TPSA) is 101 Å². The molecule has 4 rings (SSSR count). The van der Waals surface area contributed by atoms with Gasteiger partial charge in [-0.15, -0.1) is 0 Å². The summed E-state index contributed by atoms with van der Waals surface area (Å²) in [6.45, 7) is 3.25. The third kappa shape index (κ3) is 5.15. The maximum absolute atomic E-state index is 13.4. The van der Waals surface area contributed by atoms with Crippen LogP contribution in [0.1, 0.15) is 42.7 Å². The lowest BCUT2D eigenvalue weighted by atomic mass is 9.85. The Morgan fingerprint density at radius 2 is 1.58 bits per heavy atom. The van der Waals surface area contributed by atoms with E-state index >= 15 is 0 Å². The van der Waals surface area contributed by atoms with Gasteiger partial charge in [0.2, 0.25) is 0 Å². The molecule has 2 aromatic carbocycles. The quantitative estimate of drug-likeness (QED) is 0.440. The van der Waals surface area contributed by atoms with Crippen molar-refractivity contribution in [1.82, 2.24) is 9.88 Å². The van der Waals surface area contributed by atoms with E-state index in [0.29, 0.717) is 17.0 Å². The van der Waals surface area contributed by atoms with Gasteiger partial charge < -0.3 is 4.90 Å². The number of para-hydroxylation sites is 1. The maximum atomic E-state index is 13.4. The van der Waals surface area contributed by atoms with Crippen molar-refractivity contribution in [1.29, 1.82) is 0 Å². The van der Waals surface area contributed by atoms with Crippen LogP contribution in [0.3, 0.4) is 0 Å². The zero-order valence-corrected chi connectivity index (χ0v) is 22.6. The molecule has 1 fully saturated rings. The number of hydrogen-bond acceptors (Lipinski definition) is 6. The van der Waals surface area contributed by atoms with Crippen LogP contribution in [0, 0.1) is 5.92 Å². The van der Waals surface area contributed by atoms with Gasteiger partial charge in [-0.3, -0.25) is 4.79 Å². The van der Waals surface area contributed by atoms with Crippen LogP contribution in [0.25, 0.3) is 10.9 Å². The van der Waals surface area contributed by atoms with Crippen molar-refractivity contribution in [3.8, 4) is 0 Å². The molecule has 7 nitrogen and oxygen atoms in total. The number of benzene rings is 2. The Morgan fingerprint density at radius 1 is 0.947 bits per heavy atom. The van der Waals surface area contributed by atoms with Gasteiger partial charge in [0.15, 0.2) is 19.7 Å². The number of carbonyl (C=O) groups excluding carboxylic acids is 1. The van der Waals surface area contributed by atoms with Crippen LogP contribution in [0.2, 0.25) is 0 Å². The van der Waals surface area contributed by atoms with Crippen molar-refractivity contribution >= 4 is 36.5 Å². The van der Waals surface area contributed by atoms with Crippen LogP contribution in [-0.2, 0) is 25.9 Å². The first-order chi connectivity index (χ1) is 17.5. The van der Waals surface area contributed by atoms with Gasteiger partial charge in [-0.2, -0.15) is 13.2 Å². The fourth-order valence-electron chi connectivity index (χ4n) is 4.82. The molecular formula is C26H27F3N2O5S2. The summed E-state index contributed by atoms with van der Waals surface area (Å²) >= 11 is 0. The summed E-state index contributed by atoms with van der Waals surface area (Å²) in [7, 11) is -7.93. The second kappa shape index (κ2) is 9.64. The minimum atomic E-state index is -4.68. The van der Waals surface area contributed by atoms with Gasteiger partial charge >= 0.3 is 6.18 Å². The zero-order valence-electron chi connectivity index (χ0n) is 21.0. The van der Waals surface area contributed by atoms with E-state index in [2.05, 4.69) is 4.98 Å². The molecule has 1 aliphatic heterocycles. The van der Waals surface area contributed by atoms with Gasteiger partial charge in [0.1, 0.15) is 5.69 Å². The van der Waals surface area contributed by atoms with E-state index in [9.17, 15) is 34.8 Å². The van der Waals surface area contributed by atoms with Crippen LogP contribution < -0.4 is 0 Å². The highest BCUT2D eigenvalue weighted by Crippen LogP contribution is 2.40. The van der Waals surface area contributed by atoms with Crippen LogP contribution >= 0.6 is 0 Å². The van der Waals surface area contributed by atoms with Crippen molar-refractivity contribution in [2.24, 2.45) is 5.92 Å². The molecule has 2 heterocycles. The first-order valence-electron chi connectivity index (χ1n) is 11.8. The number of sulfone groups is 2. The van der Waals surface area contributed by atoms with Crippen LogP contribution in [0.15, 0.2) is 64.4 Å². The number of nitrogens with zero attached hydrogens (tertiary/aromatic N) is 2. The molecule has 3 aromatic rings. The molecule has 1 amide bonds. The Kier molecular flexibility index (Phi) is 7.11. The predicted octanol–water partition coefficient (Wildman–Crippen LogP) is 4.76. The highest BCUT2D eigenvalue weighted by atomic mass is 32.2. The van der Waals surface area contributed by atoms with Gasteiger partial charge in [-0.05, 0) is 62.9 Å². The Labute approximate surface area is 219 Å². The fraction of sp³-hybridized carbons (Fsp3) is 0.385. The maximum Gasteiger partial charge on any atom is 0.416 e. The van der Waals surface area contributed by atoms with Crippen molar-refractivity contribution in [2.75, 3.05) is 19.3 Å². The third-order valence-electron chi connectivity index (χ3n) is 7.22. The number of hydrogen-bond donors (Lipinski definition) is 0. The van der Waals surface area contributed by atoms with Gasteiger partial charge in [0.05, 0.1) is 25.6 Å². The molecular weight excluding hydrogens is 541 g/mol. The van der Waals surface area contributed by atoms with E-state index in [4.69, 9.17) is 0 Å². The standard InChI is InChI=1S/C26H27F3N2O5S2/c1-25(2,38(35,36)20-9-6-8-19(16-20)26(27,28)29)18-11-13-31(14-12-18)24(32)23-22(37(3,33)34)15-17-7-4-5-10-21(17)30-23/h4-10,15-16,18H,11-14H2,1-3H3. The second-order valence-corrected chi connectivity index (χ2v) is 14.5. The number of carbonyl (C=O) groups is 1. The first-order valence-corrected chi connectivity index (χ1v) is 15.2. The van der Waals surface area contributed by atoms with Gasteiger partial charge in [-0.25, -0.2) is 21.8 Å². The van der Waals surface area contributed by atoms with Crippen LogP contribution in [-0.4, -0.2) is 56.7 Å². The van der Waals surface area contributed by atoms with E-state index in [1.54, 1.807) is 24.3 Å². The molecule has 0 unspecified atom stereocenters. The molecule has 0 aliphatic carbocycles. The highest BCUT2D eigenvalue weighted by molar-refractivity contribution is 7.92. The van der Waals surface area contributed by atoms with Crippen molar-refractivity contribution in [3.05, 3.63) is 65.9 Å². The van der Waals surface area contributed by atoms with Crippen LogP contribution in [0.5, 0.6) is 0 Å². The van der Waals surface area contributed by atoms with E-state index < -0.39 is 52.9 Å². The third-order valence-corrected chi connectivity index (χ3v) is 10.9. The monoisotopic (exact) mass is 568 g/mol. The summed E-state index contributed by atoms with van der Waals surface area (Å²) < 4.78 is 89.9. The van der Waals surface area contributed by atoms with Crippen molar-refractivity contribution < 1.29 is 34.8 Å². The Hall–Kier alpha value is -2.99. The SMILES string of the molecule is CC(C)(C1CCN(C(=O)c2nc3ccccc3cc2S(C)(=O)=O)CC1)S(=O)(=O)c1cccc(C(F)(F)F)c1. The molecule has 0 saturated carbocycles. The van der Waals surface area contributed by atoms with E-state index in [1.807, 2.05) is 0 Å². The van der Waals surface area contributed by atoms with Gasteiger partial charge in [0.25, 0.3) is 5.91 Å². The second-order valence-electron chi connectivity index (χ2n) is 10.00. The number of amides is 1. The summed E-state index contributed by atoms with van der Waals surface area (Å²) in [6, 6.07) is 11.9. The average Bonchev–Trinajstić information content (AvgIpc) is 2.86. The van der Waals surface area contributed by atoms with E-state index in [-0.39, 0.29) is 36.5 Å². The molecule has 204 valence electrons. The van der Waals surface area contributed by atoms with Crippen molar-refractivity contribution in [3.63, 3.8) is 0 Å². The number of pyridine rings is 1. The lowest BCUT2D eigenvalue weighted by Gasteiger charge is -2.40. The number of aromatic nitrogens is 1. The largest absolute Gasteiger partial charge is 0.416 e. The molecule has 38 heavy (non-hydrogen) atoms. The predicted molar refractivity (Wildman–Crippen MR) is 136 cm³/mol. The number of alkyl halides is 3. The lowest BCUT2D eigenvalue weighted by molar-refractivity contribution is -0.137. The Bertz CT molecular complexity index is 1610. The normalized spacial score (nSPS) is 16.1.